The van der Waals surface area contributed by atoms with Crippen LogP contribution < -0.4 is 5.32 Å². The van der Waals surface area contributed by atoms with Gasteiger partial charge in [-0.1, -0.05) is 37.6 Å². The summed E-state index contributed by atoms with van der Waals surface area (Å²) >= 11 is 0. The molecule has 1 amide bonds. The molecule has 1 spiro atoms. The van der Waals surface area contributed by atoms with Gasteiger partial charge in [0.2, 0.25) is 5.91 Å². The molecule has 3 rings (SSSR count). The van der Waals surface area contributed by atoms with Crippen LogP contribution in [0.25, 0.3) is 0 Å². The van der Waals surface area contributed by atoms with E-state index in [-0.39, 0.29) is 17.2 Å². The molecule has 1 aromatic carbocycles. The molecule has 0 aliphatic heterocycles. The standard InChI is InChI=1S/C19H25NO3/c1-3-10-18(2,17(22)23)20-16(21)15-12-19(15)11-6-8-13-7-4-5-9-14(13)19/h4-5,7,9,15H,3,6,8,10-12H2,1-2H3,(H,20,21)(H,22,23). The van der Waals surface area contributed by atoms with Crippen molar-refractivity contribution in [3.05, 3.63) is 35.4 Å². The van der Waals surface area contributed by atoms with Crippen LogP contribution >= 0.6 is 0 Å². The molecule has 1 fully saturated rings. The number of hydrogen-bond donors (Lipinski definition) is 2. The molecule has 4 heteroatoms. The van der Waals surface area contributed by atoms with Crippen molar-refractivity contribution in [1.82, 2.24) is 5.32 Å². The summed E-state index contributed by atoms with van der Waals surface area (Å²) in [6, 6.07) is 8.39. The predicted octanol–water partition coefficient (Wildman–Crippen LogP) is 3.04. The fraction of sp³-hybridized carbons (Fsp3) is 0.579. The summed E-state index contributed by atoms with van der Waals surface area (Å²) in [6.45, 7) is 3.55. The van der Waals surface area contributed by atoms with E-state index in [0.717, 1.165) is 32.1 Å². The highest BCUT2D eigenvalue weighted by atomic mass is 16.4. The van der Waals surface area contributed by atoms with Crippen LogP contribution in [0.3, 0.4) is 0 Å². The minimum absolute atomic E-state index is 0.0510. The number of carboxylic acids is 1. The lowest BCUT2D eigenvalue weighted by molar-refractivity contribution is -0.147. The average Bonchev–Trinajstić information content (AvgIpc) is 3.23. The number of rotatable bonds is 5. The van der Waals surface area contributed by atoms with Crippen molar-refractivity contribution >= 4 is 11.9 Å². The van der Waals surface area contributed by atoms with Crippen molar-refractivity contribution < 1.29 is 14.7 Å². The van der Waals surface area contributed by atoms with Gasteiger partial charge < -0.3 is 10.4 Å². The second-order valence-electron chi connectivity index (χ2n) is 7.30. The third-order valence-corrected chi connectivity index (χ3v) is 5.64. The first kappa shape index (κ1) is 16.0. The van der Waals surface area contributed by atoms with Gasteiger partial charge in [0.1, 0.15) is 5.54 Å². The topological polar surface area (TPSA) is 66.4 Å². The van der Waals surface area contributed by atoms with Crippen LogP contribution in [0.4, 0.5) is 0 Å². The van der Waals surface area contributed by atoms with Gasteiger partial charge in [-0.15, -0.1) is 0 Å². The first-order valence-corrected chi connectivity index (χ1v) is 8.57. The first-order valence-electron chi connectivity index (χ1n) is 8.57. The van der Waals surface area contributed by atoms with E-state index in [1.165, 1.54) is 11.1 Å². The zero-order valence-electron chi connectivity index (χ0n) is 13.9. The number of carboxylic acid groups (broad SMARTS) is 1. The third-order valence-electron chi connectivity index (χ3n) is 5.64. The van der Waals surface area contributed by atoms with Crippen LogP contribution in [-0.4, -0.2) is 22.5 Å². The molecule has 0 heterocycles. The van der Waals surface area contributed by atoms with Crippen LogP contribution in [0.2, 0.25) is 0 Å². The molecule has 0 aromatic heterocycles. The molecule has 2 aliphatic carbocycles. The summed E-state index contributed by atoms with van der Waals surface area (Å²) in [4.78, 5) is 24.3. The van der Waals surface area contributed by atoms with E-state index in [9.17, 15) is 14.7 Å². The van der Waals surface area contributed by atoms with Gasteiger partial charge >= 0.3 is 5.97 Å². The number of fused-ring (bicyclic) bond motifs is 2. The lowest BCUT2D eigenvalue weighted by Gasteiger charge is -2.29. The number of hydrogen-bond acceptors (Lipinski definition) is 2. The Labute approximate surface area is 137 Å². The Morgan fingerprint density at radius 2 is 2.13 bits per heavy atom. The monoisotopic (exact) mass is 315 g/mol. The summed E-state index contributed by atoms with van der Waals surface area (Å²) in [5.74, 6) is -1.13. The number of aryl methyl sites for hydroxylation is 1. The second kappa shape index (κ2) is 5.66. The minimum atomic E-state index is -1.16. The molecular formula is C19H25NO3. The second-order valence-corrected chi connectivity index (χ2v) is 7.30. The molecule has 23 heavy (non-hydrogen) atoms. The fourth-order valence-electron chi connectivity index (χ4n) is 4.26. The van der Waals surface area contributed by atoms with E-state index in [4.69, 9.17) is 0 Å². The maximum absolute atomic E-state index is 12.7. The average molecular weight is 315 g/mol. The summed E-state index contributed by atoms with van der Waals surface area (Å²) in [5.41, 5.74) is 1.44. The molecule has 0 saturated heterocycles. The maximum Gasteiger partial charge on any atom is 0.329 e. The number of benzene rings is 1. The molecule has 2 aliphatic rings. The van der Waals surface area contributed by atoms with E-state index in [1.54, 1.807) is 6.92 Å². The molecule has 4 nitrogen and oxygen atoms in total. The summed E-state index contributed by atoms with van der Waals surface area (Å²) in [7, 11) is 0. The fourth-order valence-corrected chi connectivity index (χ4v) is 4.26. The highest BCUT2D eigenvalue weighted by Gasteiger charge is 2.60. The van der Waals surface area contributed by atoms with Crippen molar-refractivity contribution in [2.45, 2.75) is 63.3 Å². The zero-order valence-corrected chi connectivity index (χ0v) is 13.9. The van der Waals surface area contributed by atoms with E-state index in [0.29, 0.717) is 6.42 Å². The van der Waals surface area contributed by atoms with Gasteiger partial charge in [0.05, 0.1) is 0 Å². The third kappa shape index (κ3) is 2.64. The Hall–Kier alpha value is -1.84. The van der Waals surface area contributed by atoms with Crippen LogP contribution in [0, 0.1) is 5.92 Å². The van der Waals surface area contributed by atoms with Crippen molar-refractivity contribution in [2.75, 3.05) is 0 Å². The van der Waals surface area contributed by atoms with Crippen molar-refractivity contribution in [1.29, 1.82) is 0 Å². The number of carbonyl (C=O) groups excluding carboxylic acids is 1. The molecule has 0 radical (unpaired) electrons. The normalized spacial score (nSPS) is 27.8. The maximum atomic E-state index is 12.7. The molecule has 3 atom stereocenters. The zero-order chi connectivity index (χ0) is 16.7. The Morgan fingerprint density at radius 1 is 1.39 bits per heavy atom. The number of amides is 1. The Morgan fingerprint density at radius 3 is 2.83 bits per heavy atom. The quantitative estimate of drug-likeness (QED) is 0.877. The molecule has 0 bridgehead atoms. The molecule has 124 valence electrons. The number of nitrogens with one attached hydrogen (secondary N) is 1. The van der Waals surface area contributed by atoms with E-state index < -0.39 is 11.5 Å². The lowest BCUT2D eigenvalue weighted by atomic mass is 9.78. The summed E-state index contributed by atoms with van der Waals surface area (Å²) < 4.78 is 0. The molecule has 2 N–H and O–H groups in total. The molecule has 3 unspecified atom stereocenters. The number of aliphatic carboxylic acids is 1. The summed E-state index contributed by atoms with van der Waals surface area (Å²) in [6.07, 6.45) is 5.23. The van der Waals surface area contributed by atoms with Gasteiger partial charge in [0.25, 0.3) is 0 Å². The van der Waals surface area contributed by atoms with Crippen molar-refractivity contribution in [3.63, 3.8) is 0 Å². The van der Waals surface area contributed by atoms with Crippen molar-refractivity contribution in [3.8, 4) is 0 Å². The number of carbonyl (C=O) groups is 2. The molecular weight excluding hydrogens is 290 g/mol. The highest BCUT2D eigenvalue weighted by molar-refractivity contribution is 5.90. The minimum Gasteiger partial charge on any atom is -0.480 e. The van der Waals surface area contributed by atoms with Gasteiger partial charge in [-0.3, -0.25) is 4.79 Å². The molecule has 1 saturated carbocycles. The van der Waals surface area contributed by atoms with Crippen molar-refractivity contribution in [2.24, 2.45) is 5.92 Å². The Balaban J connectivity index is 1.78. The van der Waals surface area contributed by atoms with Crippen LogP contribution in [-0.2, 0) is 21.4 Å². The van der Waals surface area contributed by atoms with Gasteiger partial charge in [-0.2, -0.15) is 0 Å². The first-order chi connectivity index (χ1) is 10.9. The lowest BCUT2D eigenvalue weighted by Crippen LogP contribution is -2.53. The smallest absolute Gasteiger partial charge is 0.329 e. The van der Waals surface area contributed by atoms with Crippen LogP contribution in [0.5, 0.6) is 0 Å². The predicted molar refractivity (Wildman–Crippen MR) is 88.3 cm³/mol. The SMILES string of the molecule is CCCC(C)(NC(=O)C1CC12CCCc1ccccc12)C(=O)O. The Bertz CT molecular complexity index is 641. The van der Waals surface area contributed by atoms with E-state index in [1.807, 2.05) is 13.0 Å². The highest BCUT2D eigenvalue weighted by Crippen LogP contribution is 2.60. The van der Waals surface area contributed by atoms with E-state index in [2.05, 4.69) is 23.5 Å². The van der Waals surface area contributed by atoms with Crippen LogP contribution in [0.1, 0.15) is 57.1 Å². The Kier molecular flexibility index (Phi) is 3.95. The summed E-state index contributed by atoms with van der Waals surface area (Å²) in [5, 5.41) is 12.3. The van der Waals surface area contributed by atoms with Gasteiger partial charge in [-0.25, -0.2) is 4.79 Å². The van der Waals surface area contributed by atoms with E-state index >= 15 is 0 Å². The molecule has 1 aromatic rings. The van der Waals surface area contributed by atoms with Crippen LogP contribution in [0.15, 0.2) is 24.3 Å². The van der Waals surface area contributed by atoms with Gasteiger partial charge in [0, 0.05) is 11.3 Å². The largest absolute Gasteiger partial charge is 0.480 e. The van der Waals surface area contributed by atoms with Gasteiger partial charge in [-0.05, 0) is 50.2 Å². The van der Waals surface area contributed by atoms with Gasteiger partial charge in [0.15, 0.2) is 0 Å².